The first-order chi connectivity index (χ1) is 7.31. The van der Waals surface area contributed by atoms with Gasteiger partial charge in [-0.25, -0.2) is 4.98 Å². The number of rotatable bonds is 0. The number of anilines is 1. The Hall–Kier alpha value is -2.29. The fourth-order valence-corrected chi connectivity index (χ4v) is 1.08. The number of nitrogens with one attached hydrogen (secondary N) is 1. The Kier molecular flexibility index (Phi) is 3.91. The second kappa shape index (κ2) is 5.44. The fraction of sp³-hybridized carbons (Fsp3) is 0.222. The van der Waals surface area contributed by atoms with E-state index in [9.17, 15) is 0 Å². The summed E-state index contributed by atoms with van der Waals surface area (Å²) in [5, 5.41) is 18.6. The van der Waals surface area contributed by atoms with Crippen molar-refractivity contribution in [2.75, 3.05) is 18.5 Å². The van der Waals surface area contributed by atoms with Crippen molar-refractivity contribution in [3.8, 4) is 11.9 Å². The summed E-state index contributed by atoms with van der Waals surface area (Å²) < 4.78 is 5.24. The zero-order valence-electron chi connectivity index (χ0n) is 7.80. The molecule has 0 amide bonds. The van der Waals surface area contributed by atoms with Crippen LogP contribution in [-0.2, 0) is 4.79 Å². The molecule has 0 spiro atoms. The lowest BCUT2D eigenvalue weighted by Gasteiger charge is -2.17. The monoisotopic (exact) mass is 207 g/mol. The molecule has 1 aliphatic rings. The molecule has 1 aromatic rings. The highest BCUT2D eigenvalue weighted by atomic mass is 16.5. The third kappa shape index (κ3) is 2.84. The van der Waals surface area contributed by atoms with E-state index in [2.05, 4.69) is 10.3 Å². The van der Waals surface area contributed by atoms with Crippen molar-refractivity contribution in [1.29, 1.82) is 5.26 Å². The van der Waals surface area contributed by atoms with Crippen molar-refractivity contribution in [2.24, 2.45) is 0 Å². The molecule has 0 aliphatic carbocycles. The number of nitriles is 1. The standard InChI is InChI=1S/C8H7N3O.CH2O2/c9-5-6-1-2-7-8(11-6)12-4-3-10-7;2-1-3/h1-2,10H,3-4H2;1H,(H,2,3). The Balaban J connectivity index is 0.000000337. The number of pyridine rings is 1. The van der Waals surface area contributed by atoms with Gasteiger partial charge >= 0.3 is 0 Å². The first-order valence-corrected chi connectivity index (χ1v) is 4.17. The van der Waals surface area contributed by atoms with Gasteiger partial charge in [-0.05, 0) is 12.1 Å². The summed E-state index contributed by atoms with van der Waals surface area (Å²) in [5.41, 5.74) is 1.25. The maximum atomic E-state index is 8.55. The van der Waals surface area contributed by atoms with E-state index in [1.807, 2.05) is 6.07 Å². The number of hydrogen-bond acceptors (Lipinski definition) is 5. The average molecular weight is 207 g/mol. The van der Waals surface area contributed by atoms with Crippen LogP contribution in [-0.4, -0.2) is 29.7 Å². The molecule has 0 atom stereocenters. The van der Waals surface area contributed by atoms with Crippen LogP contribution >= 0.6 is 0 Å². The summed E-state index contributed by atoms with van der Waals surface area (Å²) in [7, 11) is 0. The number of hydrogen-bond donors (Lipinski definition) is 2. The molecule has 0 fully saturated rings. The smallest absolute Gasteiger partial charge is 0.290 e. The molecule has 15 heavy (non-hydrogen) atoms. The maximum Gasteiger partial charge on any atom is 0.290 e. The van der Waals surface area contributed by atoms with Crippen molar-refractivity contribution >= 4 is 12.2 Å². The summed E-state index contributed by atoms with van der Waals surface area (Å²) in [4.78, 5) is 12.3. The second-order valence-electron chi connectivity index (χ2n) is 2.54. The molecule has 78 valence electrons. The van der Waals surface area contributed by atoms with Crippen LogP contribution in [0.2, 0.25) is 0 Å². The molecule has 0 radical (unpaired) electrons. The van der Waals surface area contributed by atoms with E-state index in [4.69, 9.17) is 19.9 Å². The maximum absolute atomic E-state index is 8.55. The molecule has 0 aromatic carbocycles. The first kappa shape index (κ1) is 10.8. The molecule has 2 N–H and O–H groups in total. The zero-order chi connectivity index (χ0) is 11.1. The largest absolute Gasteiger partial charge is 0.483 e. The summed E-state index contributed by atoms with van der Waals surface area (Å²) in [6.07, 6.45) is 0. The van der Waals surface area contributed by atoms with E-state index in [1.165, 1.54) is 0 Å². The molecule has 0 saturated heterocycles. The van der Waals surface area contributed by atoms with Crippen molar-refractivity contribution in [2.45, 2.75) is 0 Å². The Morgan fingerprint density at radius 2 is 2.40 bits per heavy atom. The van der Waals surface area contributed by atoms with E-state index < -0.39 is 0 Å². The average Bonchev–Trinajstić information content (AvgIpc) is 2.29. The van der Waals surface area contributed by atoms with Crippen LogP contribution < -0.4 is 10.1 Å². The van der Waals surface area contributed by atoms with Crippen LogP contribution in [0, 0.1) is 11.3 Å². The molecule has 6 heteroatoms. The number of nitrogens with zero attached hydrogens (tertiary/aromatic N) is 2. The quantitative estimate of drug-likeness (QED) is 0.600. The van der Waals surface area contributed by atoms with Gasteiger partial charge in [0.2, 0.25) is 5.88 Å². The molecular weight excluding hydrogens is 198 g/mol. The van der Waals surface area contributed by atoms with E-state index in [0.29, 0.717) is 18.2 Å². The molecule has 2 rings (SSSR count). The number of ether oxygens (including phenoxy) is 1. The van der Waals surface area contributed by atoms with Gasteiger partial charge in [0.15, 0.2) is 0 Å². The van der Waals surface area contributed by atoms with Gasteiger partial charge in [-0.1, -0.05) is 0 Å². The summed E-state index contributed by atoms with van der Waals surface area (Å²) >= 11 is 0. The van der Waals surface area contributed by atoms with Gasteiger partial charge in [-0.3, -0.25) is 4.79 Å². The molecule has 2 heterocycles. The van der Waals surface area contributed by atoms with Gasteiger partial charge in [0.1, 0.15) is 18.4 Å². The van der Waals surface area contributed by atoms with Crippen molar-refractivity contribution in [1.82, 2.24) is 4.98 Å². The molecule has 0 unspecified atom stereocenters. The summed E-state index contributed by atoms with van der Waals surface area (Å²) in [5.74, 6) is 0.528. The third-order valence-corrected chi connectivity index (χ3v) is 1.63. The topological polar surface area (TPSA) is 95.2 Å². The van der Waals surface area contributed by atoms with Gasteiger partial charge in [0, 0.05) is 6.54 Å². The normalized spacial score (nSPS) is 11.7. The molecule has 6 nitrogen and oxygen atoms in total. The number of carbonyl (C=O) groups is 1. The highest BCUT2D eigenvalue weighted by molar-refractivity contribution is 5.55. The zero-order valence-corrected chi connectivity index (χ0v) is 7.80. The lowest BCUT2D eigenvalue weighted by molar-refractivity contribution is -0.122. The molecular formula is C9H9N3O3. The van der Waals surface area contributed by atoms with Gasteiger partial charge < -0.3 is 15.2 Å². The first-order valence-electron chi connectivity index (χ1n) is 4.17. The SMILES string of the molecule is N#Cc1ccc2c(n1)OCCN2.O=CO. The third-order valence-electron chi connectivity index (χ3n) is 1.63. The van der Waals surface area contributed by atoms with E-state index >= 15 is 0 Å². The molecule has 0 bridgehead atoms. The number of carboxylic acid groups (broad SMARTS) is 1. The van der Waals surface area contributed by atoms with Gasteiger partial charge in [0.25, 0.3) is 6.47 Å². The van der Waals surface area contributed by atoms with E-state index in [0.717, 1.165) is 12.2 Å². The molecule has 1 aromatic heterocycles. The van der Waals surface area contributed by atoms with E-state index in [-0.39, 0.29) is 6.47 Å². The van der Waals surface area contributed by atoms with Crippen molar-refractivity contribution < 1.29 is 14.6 Å². The minimum atomic E-state index is -0.250. The Morgan fingerprint density at radius 3 is 3.07 bits per heavy atom. The number of fused-ring (bicyclic) bond motifs is 1. The van der Waals surface area contributed by atoms with Gasteiger partial charge in [0.05, 0.1) is 5.69 Å². The Labute approximate surface area is 86.1 Å². The van der Waals surface area contributed by atoms with Crippen LogP contribution in [0.25, 0.3) is 0 Å². The van der Waals surface area contributed by atoms with Crippen LogP contribution in [0.4, 0.5) is 5.69 Å². The predicted molar refractivity (Wildman–Crippen MR) is 51.6 cm³/mol. The van der Waals surface area contributed by atoms with Crippen molar-refractivity contribution in [3.05, 3.63) is 17.8 Å². The van der Waals surface area contributed by atoms with Crippen LogP contribution in [0.3, 0.4) is 0 Å². The number of aromatic nitrogens is 1. The minimum absolute atomic E-state index is 0.250. The Morgan fingerprint density at radius 1 is 1.67 bits per heavy atom. The lowest BCUT2D eigenvalue weighted by Crippen LogP contribution is -2.18. The fourth-order valence-electron chi connectivity index (χ4n) is 1.08. The molecule has 1 aliphatic heterocycles. The second-order valence-corrected chi connectivity index (χ2v) is 2.54. The van der Waals surface area contributed by atoms with Crippen LogP contribution in [0.5, 0.6) is 5.88 Å². The van der Waals surface area contributed by atoms with Crippen LogP contribution in [0.1, 0.15) is 5.69 Å². The molecule has 0 saturated carbocycles. The van der Waals surface area contributed by atoms with Crippen molar-refractivity contribution in [3.63, 3.8) is 0 Å². The highest BCUT2D eigenvalue weighted by Crippen LogP contribution is 2.23. The predicted octanol–water partition coefficient (Wildman–Crippen LogP) is 0.458. The minimum Gasteiger partial charge on any atom is -0.483 e. The summed E-state index contributed by atoms with van der Waals surface area (Å²) in [6, 6.07) is 5.43. The lowest BCUT2D eigenvalue weighted by atomic mass is 10.3. The van der Waals surface area contributed by atoms with Gasteiger partial charge in [-0.2, -0.15) is 5.26 Å². The Bertz CT molecular complexity index is 387. The van der Waals surface area contributed by atoms with Crippen LogP contribution in [0.15, 0.2) is 12.1 Å². The van der Waals surface area contributed by atoms with E-state index in [1.54, 1.807) is 12.1 Å². The highest BCUT2D eigenvalue weighted by Gasteiger charge is 2.10. The summed E-state index contributed by atoms with van der Waals surface area (Å²) in [6.45, 7) is 1.15. The van der Waals surface area contributed by atoms with Gasteiger partial charge in [-0.15, -0.1) is 0 Å².